The van der Waals surface area contributed by atoms with Crippen molar-refractivity contribution in [2.75, 3.05) is 11.1 Å². The van der Waals surface area contributed by atoms with Crippen LogP contribution in [0.15, 0.2) is 54.6 Å². The van der Waals surface area contributed by atoms with Gasteiger partial charge in [-0.2, -0.15) is 52.7 Å². The van der Waals surface area contributed by atoms with E-state index in [1.54, 1.807) is 0 Å². The van der Waals surface area contributed by atoms with Gasteiger partial charge in [-0.3, -0.25) is 0 Å². The third-order valence-corrected chi connectivity index (χ3v) is 4.88. The number of nitrogen functional groups attached to an aromatic ring is 1. The molecule has 0 saturated carbocycles. The summed E-state index contributed by atoms with van der Waals surface area (Å²) in [5, 5.41) is 2.20. The molecule has 0 heterocycles. The quantitative estimate of drug-likeness (QED) is 0.262. The van der Waals surface area contributed by atoms with Crippen LogP contribution in [0.1, 0.15) is 22.3 Å². The maximum atomic E-state index is 14.0. The van der Waals surface area contributed by atoms with E-state index >= 15 is 0 Å². The second kappa shape index (κ2) is 8.82. The Balaban J connectivity index is 2.52. The van der Waals surface area contributed by atoms with Gasteiger partial charge < -0.3 is 11.1 Å². The van der Waals surface area contributed by atoms with E-state index in [0.29, 0.717) is 0 Å². The lowest BCUT2D eigenvalue weighted by molar-refractivity contribution is -0.145. The molecule has 0 atom stereocenters. The summed E-state index contributed by atoms with van der Waals surface area (Å²) in [7, 11) is 0. The Morgan fingerprint density at radius 3 is 1.42 bits per heavy atom. The van der Waals surface area contributed by atoms with E-state index in [2.05, 4.69) is 5.32 Å². The predicted molar refractivity (Wildman–Crippen MR) is 106 cm³/mol. The molecule has 0 aromatic heterocycles. The van der Waals surface area contributed by atoms with Crippen LogP contribution < -0.4 is 11.1 Å². The first-order chi connectivity index (χ1) is 16.3. The van der Waals surface area contributed by atoms with Gasteiger partial charge in [-0.25, -0.2) is 0 Å². The summed E-state index contributed by atoms with van der Waals surface area (Å²) >= 11 is 0. The van der Waals surface area contributed by atoms with Crippen LogP contribution in [-0.4, -0.2) is 0 Å². The van der Waals surface area contributed by atoms with Crippen LogP contribution in [0.25, 0.3) is 11.1 Å². The third kappa shape index (κ3) is 5.62. The van der Waals surface area contributed by atoms with E-state index in [4.69, 9.17) is 5.73 Å². The summed E-state index contributed by atoms with van der Waals surface area (Å²) in [4.78, 5) is 0. The molecule has 3 rings (SSSR count). The van der Waals surface area contributed by atoms with Crippen molar-refractivity contribution in [3.8, 4) is 11.1 Å². The lowest BCUT2D eigenvalue weighted by Gasteiger charge is -2.25. The van der Waals surface area contributed by atoms with Gasteiger partial charge in [0.15, 0.2) is 0 Å². The van der Waals surface area contributed by atoms with Crippen molar-refractivity contribution < 1.29 is 52.7 Å². The minimum absolute atomic E-state index is 0.0192. The zero-order valence-electron chi connectivity index (χ0n) is 17.3. The van der Waals surface area contributed by atoms with Gasteiger partial charge in [-0.15, -0.1) is 0 Å². The fraction of sp³-hybridized carbons (Fsp3) is 0.182. The van der Waals surface area contributed by atoms with Crippen LogP contribution in [-0.2, 0) is 24.7 Å². The second-order valence-electron chi connectivity index (χ2n) is 7.42. The number of anilines is 3. The van der Waals surface area contributed by atoms with Crippen molar-refractivity contribution in [3.05, 3.63) is 76.9 Å². The molecule has 14 heteroatoms. The van der Waals surface area contributed by atoms with Crippen molar-refractivity contribution >= 4 is 17.1 Å². The summed E-state index contributed by atoms with van der Waals surface area (Å²) in [6, 6.07) is 5.70. The maximum absolute atomic E-state index is 14.0. The lowest BCUT2D eigenvalue weighted by atomic mass is 9.88. The minimum atomic E-state index is -5.67. The summed E-state index contributed by atoms with van der Waals surface area (Å²) in [6.07, 6.45) is -22.0. The first-order valence-electron chi connectivity index (χ1n) is 9.53. The third-order valence-electron chi connectivity index (χ3n) is 4.88. The molecule has 0 aliphatic carbocycles. The smallest absolute Gasteiger partial charge is 0.398 e. The van der Waals surface area contributed by atoms with Crippen molar-refractivity contribution in [2.24, 2.45) is 0 Å². The van der Waals surface area contributed by atoms with Gasteiger partial charge in [-0.05, 0) is 36.4 Å². The molecule has 0 bridgehead atoms. The number of para-hydroxylation sites is 1. The van der Waals surface area contributed by atoms with E-state index in [1.165, 1.54) is 30.3 Å². The van der Waals surface area contributed by atoms with Crippen LogP contribution in [0.4, 0.5) is 69.7 Å². The van der Waals surface area contributed by atoms with E-state index in [-0.39, 0.29) is 17.8 Å². The molecule has 0 saturated heterocycles. The Bertz CT molecular complexity index is 1250. The molecule has 194 valence electrons. The zero-order valence-corrected chi connectivity index (χ0v) is 17.3. The summed E-state index contributed by atoms with van der Waals surface area (Å²) in [6.45, 7) is 0. The zero-order chi connectivity index (χ0) is 27.3. The second-order valence-corrected chi connectivity index (χ2v) is 7.42. The Labute approximate surface area is 194 Å². The molecule has 0 fully saturated rings. The monoisotopic (exact) mass is 532 g/mol. The lowest BCUT2D eigenvalue weighted by Crippen LogP contribution is -2.18. The fourth-order valence-electron chi connectivity index (χ4n) is 3.41. The molecule has 0 aliphatic heterocycles. The minimum Gasteiger partial charge on any atom is -0.398 e. The molecule has 0 amide bonds. The van der Waals surface area contributed by atoms with Gasteiger partial charge >= 0.3 is 24.7 Å². The maximum Gasteiger partial charge on any atom is 0.417 e. The number of alkyl halides is 12. The van der Waals surface area contributed by atoms with Gasteiger partial charge in [-0.1, -0.05) is 18.2 Å². The molecule has 36 heavy (non-hydrogen) atoms. The first-order valence-corrected chi connectivity index (χ1v) is 9.53. The van der Waals surface area contributed by atoms with Gasteiger partial charge in [0.05, 0.1) is 22.3 Å². The van der Waals surface area contributed by atoms with Crippen LogP contribution in [0.3, 0.4) is 0 Å². The topological polar surface area (TPSA) is 38.0 Å². The van der Waals surface area contributed by atoms with Gasteiger partial charge in [0.25, 0.3) is 0 Å². The Morgan fingerprint density at radius 2 is 0.972 bits per heavy atom. The predicted octanol–water partition coefficient (Wildman–Crippen LogP) is 8.75. The Kier molecular flexibility index (Phi) is 6.62. The van der Waals surface area contributed by atoms with Crippen molar-refractivity contribution in [2.45, 2.75) is 24.7 Å². The number of halogens is 12. The SMILES string of the molecule is Nc1cc(C(F)(F)F)cc(C(F)(F)F)c1-c1c(Nc2ccccc2)cc(C(F)(F)F)cc1C(F)(F)F. The van der Waals surface area contributed by atoms with E-state index in [1.807, 2.05) is 0 Å². The summed E-state index contributed by atoms with van der Waals surface area (Å²) in [5.74, 6) is 0. The average Bonchev–Trinajstić information content (AvgIpc) is 2.71. The molecule has 3 aromatic rings. The van der Waals surface area contributed by atoms with Crippen LogP contribution >= 0.6 is 0 Å². The Morgan fingerprint density at radius 1 is 0.528 bits per heavy atom. The largest absolute Gasteiger partial charge is 0.417 e. The van der Waals surface area contributed by atoms with Crippen LogP contribution in [0.5, 0.6) is 0 Å². The van der Waals surface area contributed by atoms with Crippen molar-refractivity contribution in [3.63, 3.8) is 0 Å². The fourth-order valence-corrected chi connectivity index (χ4v) is 3.41. The Hall–Kier alpha value is -3.58. The van der Waals surface area contributed by atoms with Gasteiger partial charge in [0.1, 0.15) is 0 Å². The van der Waals surface area contributed by atoms with Crippen molar-refractivity contribution in [1.29, 1.82) is 0 Å². The first kappa shape index (κ1) is 27.0. The molecular formula is C22H12F12N2. The number of nitrogens with two attached hydrogens (primary N) is 1. The molecule has 3 aromatic carbocycles. The number of benzene rings is 3. The summed E-state index contributed by atoms with van der Waals surface area (Å²) < 4.78 is 163. The highest BCUT2D eigenvalue weighted by Gasteiger charge is 2.44. The number of nitrogens with one attached hydrogen (secondary N) is 1. The van der Waals surface area contributed by atoms with Crippen LogP contribution in [0.2, 0.25) is 0 Å². The normalized spacial score (nSPS) is 13.1. The number of hydrogen-bond acceptors (Lipinski definition) is 2. The molecular weight excluding hydrogens is 520 g/mol. The van der Waals surface area contributed by atoms with Gasteiger partial charge in [0.2, 0.25) is 0 Å². The molecule has 0 aliphatic rings. The highest BCUT2D eigenvalue weighted by molar-refractivity contribution is 5.92. The van der Waals surface area contributed by atoms with E-state index in [0.717, 1.165) is 0 Å². The standard InChI is InChI=1S/C22H12F12N2/c23-19(24,25)10-6-13(21(29,30)31)17(15(35)8-10)18-14(22(32,33)34)7-11(20(26,27)28)9-16(18)36-12-4-2-1-3-5-12/h1-9,36H,35H2. The highest BCUT2D eigenvalue weighted by atomic mass is 19.4. The molecule has 2 nitrogen and oxygen atoms in total. The number of rotatable bonds is 3. The van der Waals surface area contributed by atoms with E-state index in [9.17, 15) is 52.7 Å². The average molecular weight is 532 g/mol. The van der Waals surface area contributed by atoms with Gasteiger partial charge in [0, 0.05) is 28.2 Å². The molecule has 3 N–H and O–H groups in total. The summed E-state index contributed by atoms with van der Waals surface area (Å²) in [5.41, 5.74) is -8.41. The molecule has 0 spiro atoms. The van der Waals surface area contributed by atoms with Crippen molar-refractivity contribution in [1.82, 2.24) is 0 Å². The highest BCUT2D eigenvalue weighted by Crippen LogP contribution is 2.51. The van der Waals surface area contributed by atoms with Crippen LogP contribution in [0, 0.1) is 0 Å². The van der Waals surface area contributed by atoms with E-state index < -0.39 is 81.6 Å². The number of hydrogen-bond donors (Lipinski definition) is 2. The molecule has 0 radical (unpaired) electrons. The molecule has 0 unspecified atom stereocenters.